The molecule has 0 radical (unpaired) electrons. The second kappa shape index (κ2) is 8.76. The number of anilines is 2. The average Bonchev–Trinajstić information content (AvgIpc) is 3.55. The Balaban J connectivity index is 1.50. The van der Waals surface area contributed by atoms with Crippen molar-refractivity contribution in [1.82, 2.24) is 14.6 Å². The van der Waals surface area contributed by atoms with E-state index in [-0.39, 0.29) is 34.2 Å². The van der Waals surface area contributed by atoms with Crippen molar-refractivity contribution in [3.05, 3.63) is 51.7 Å². The highest BCUT2D eigenvalue weighted by Gasteiger charge is 2.29. The van der Waals surface area contributed by atoms with E-state index < -0.39 is 17.2 Å². The average molecular weight is 496 g/mol. The highest BCUT2D eigenvalue weighted by molar-refractivity contribution is 6.05. The number of hydrogen-bond donors (Lipinski definition) is 1. The Morgan fingerprint density at radius 2 is 1.81 bits per heavy atom. The van der Waals surface area contributed by atoms with E-state index in [0.29, 0.717) is 43.1 Å². The van der Waals surface area contributed by atoms with Gasteiger partial charge in [0.25, 0.3) is 5.91 Å². The first-order valence-electron chi connectivity index (χ1n) is 12.2. The topological polar surface area (TPSA) is 101 Å². The number of nitrogens with one attached hydrogen (secondary N) is 1. The molecule has 2 aromatic heterocycles. The van der Waals surface area contributed by atoms with Gasteiger partial charge in [0.1, 0.15) is 11.4 Å². The smallest absolute Gasteiger partial charge is 0.263 e. The van der Waals surface area contributed by atoms with E-state index in [1.807, 2.05) is 30.2 Å². The minimum absolute atomic E-state index is 0.00182. The molecule has 0 spiro atoms. The normalized spacial score (nSPS) is 16.5. The van der Waals surface area contributed by atoms with Crippen molar-refractivity contribution < 1.29 is 18.5 Å². The van der Waals surface area contributed by atoms with E-state index >= 15 is 4.39 Å². The van der Waals surface area contributed by atoms with Crippen molar-refractivity contribution in [3.8, 4) is 0 Å². The number of pyridine rings is 1. The zero-order valence-electron chi connectivity index (χ0n) is 20.9. The van der Waals surface area contributed by atoms with Gasteiger partial charge < -0.3 is 18.9 Å². The Labute approximate surface area is 207 Å². The molecule has 5 rings (SSSR count). The maximum Gasteiger partial charge on any atom is 0.263 e. The summed E-state index contributed by atoms with van der Waals surface area (Å²) in [6.45, 7) is 9.48. The van der Waals surface area contributed by atoms with Crippen LogP contribution in [0.5, 0.6) is 0 Å². The number of carbonyl (C=O) groups excluding carboxylic acids is 2. The van der Waals surface area contributed by atoms with Crippen LogP contribution in [0.25, 0.3) is 10.9 Å². The number of carbonyl (C=O) groups is 2. The van der Waals surface area contributed by atoms with Gasteiger partial charge in [-0.1, -0.05) is 25.9 Å². The Morgan fingerprint density at radius 3 is 2.39 bits per heavy atom. The van der Waals surface area contributed by atoms with Crippen LogP contribution in [0, 0.1) is 5.82 Å². The lowest BCUT2D eigenvalue weighted by Gasteiger charge is -2.36. The zero-order chi connectivity index (χ0) is 25.8. The van der Waals surface area contributed by atoms with Crippen LogP contribution in [0.4, 0.5) is 16.0 Å². The second-order valence-corrected chi connectivity index (χ2v) is 10.6. The first-order valence-corrected chi connectivity index (χ1v) is 12.2. The van der Waals surface area contributed by atoms with Crippen LogP contribution in [0.1, 0.15) is 62.6 Å². The number of amides is 2. The van der Waals surface area contributed by atoms with Crippen LogP contribution in [-0.2, 0) is 10.2 Å². The van der Waals surface area contributed by atoms with E-state index in [2.05, 4.69) is 10.5 Å². The minimum Gasteiger partial charge on any atom is -0.366 e. The third-order valence-corrected chi connectivity index (χ3v) is 6.87. The molecule has 0 unspecified atom stereocenters. The lowest BCUT2D eigenvalue weighted by atomic mass is 9.92. The second-order valence-electron chi connectivity index (χ2n) is 10.6. The molecular formula is C26H30FN5O4. The summed E-state index contributed by atoms with van der Waals surface area (Å²) in [6.07, 6.45) is 3.40. The molecule has 1 saturated carbocycles. The van der Waals surface area contributed by atoms with E-state index in [1.165, 1.54) is 13.0 Å². The summed E-state index contributed by atoms with van der Waals surface area (Å²) in [5, 5.41) is 6.77. The van der Waals surface area contributed by atoms with Gasteiger partial charge in [0, 0.05) is 62.2 Å². The molecule has 0 bridgehead atoms. The van der Waals surface area contributed by atoms with E-state index in [1.54, 1.807) is 23.2 Å². The predicted molar refractivity (Wildman–Crippen MR) is 134 cm³/mol. The Hall–Kier alpha value is -3.69. The van der Waals surface area contributed by atoms with Gasteiger partial charge in [0.2, 0.25) is 17.2 Å². The van der Waals surface area contributed by atoms with E-state index in [4.69, 9.17) is 4.52 Å². The van der Waals surface area contributed by atoms with Gasteiger partial charge in [-0.05, 0) is 25.0 Å². The molecule has 1 aliphatic heterocycles. The number of rotatable bonds is 4. The third-order valence-electron chi connectivity index (χ3n) is 6.87. The number of hydrogen-bond acceptors (Lipinski definition) is 6. The predicted octanol–water partition coefficient (Wildman–Crippen LogP) is 3.68. The highest BCUT2D eigenvalue weighted by atomic mass is 19.1. The molecular weight excluding hydrogens is 465 g/mol. The van der Waals surface area contributed by atoms with Crippen LogP contribution in [0.3, 0.4) is 0 Å². The van der Waals surface area contributed by atoms with Crippen molar-refractivity contribution in [3.63, 3.8) is 0 Å². The van der Waals surface area contributed by atoms with Gasteiger partial charge in [0.05, 0.1) is 16.9 Å². The SMILES string of the molecule is CC(=O)N1CCN(c2cc3c(cc2F)c(=O)c(C(=O)Nc2cc(C(C)(C)C)no2)cn3C2CC2)CC1. The van der Waals surface area contributed by atoms with Crippen LogP contribution in [0.2, 0.25) is 0 Å². The summed E-state index contributed by atoms with van der Waals surface area (Å²) in [5.41, 5.74) is 0.784. The van der Waals surface area contributed by atoms with Crippen molar-refractivity contribution in [2.45, 2.75) is 52.0 Å². The van der Waals surface area contributed by atoms with Crippen LogP contribution in [-0.4, -0.2) is 52.6 Å². The fraction of sp³-hybridized carbons (Fsp3) is 0.462. The summed E-state index contributed by atoms with van der Waals surface area (Å²) in [5.74, 6) is -1.01. The zero-order valence-corrected chi connectivity index (χ0v) is 20.9. The third kappa shape index (κ3) is 4.47. The summed E-state index contributed by atoms with van der Waals surface area (Å²) >= 11 is 0. The lowest BCUT2D eigenvalue weighted by Crippen LogP contribution is -2.48. The maximum atomic E-state index is 15.3. The molecule has 1 aliphatic carbocycles. The first-order chi connectivity index (χ1) is 17.0. The van der Waals surface area contributed by atoms with Crippen LogP contribution in [0.15, 0.2) is 33.7 Å². The maximum absolute atomic E-state index is 15.3. The van der Waals surface area contributed by atoms with Gasteiger partial charge in [-0.15, -0.1) is 0 Å². The number of benzene rings is 1. The molecule has 2 aliphatic rings. The fourth-order valence-corrected chi connectivity index (χ4v) is 4.55. The van der Waals surface area contributed by atoms with Crippen LogP contribution >= 0.6 is 0 Å². The molecule has 9 nitrogen and oxygen atoms in total. The number of piperazine rings is 1. The molecule has 2 amide bonds. The van der Waals surface area contributed by atoms with Gasteiger partial charge >= 0.3 is 0 Å². The fourth-order valence-electron chi connectivity index (χ4n) is 4.55. The van der Waals surface area contributed by atoms with Crippen molar-refractivity contribution in [1.29, 1.82) is 0 Å². The molecule has 190 valence electrons. The van der Waals surface area contributed by atoms with Gasteiger partial charge in [-0.2, -0.15) is 0 Å². The highest BCUT2D eigenvalue weighted by Crippen LogP contribution is 2.38. The summed E-state index contributed by atoms with van der Waals surface area (Å²) in [4.78, 5) is 41.7. The monoisotopic (exact) mass is 495 g/mol. The number of nitrogens with zero attached hydrogens (tertiary/aromatic N) is 4. The summed E-state index contributed by atoms with van der Waals surface area (Å²) in [7, 11) is 0. The Morgan fingerprint density at radius 1 is 1.11 bits per heavy atom. The largest absolute Gasteiger partial charge is 0.366 e. The molecule has 36 heavy (non-hydrogen) atoms. The number of aromatic nitrogens is 2. The first kappa shape index (κ1) is 24.0. The molecule has 3 heterocycles. The molecule has 3 aromatic rings. The standard InChI is InChI=1S/C26H30FN5O4/c1-15(33)30-7-9-31(10-8-30)21-12-20-17(11-19(21)27)24(34)18(14-32(20)16-5-6-16)25(35)28-23-13-22(29-36-23)26(2,3)4/h11-14,16H,5-10H2,1-4H3,(H,28,35). The molecule has 1 saturated heterocycles. The molecule has 0 atom stereocenters. The van der Waals surface area contributed by atoms with Crippen molar-refractivity contribution >= 4 is 34.3 Å². The van der Waals surface area contributed by atoms with E-state index in [0.717, 1.165) is 12.8 Å². The molecule has 1 N–H and O–H groups in total. The lowest BCUT2D eigenvalue weighted by molar-refractivity contribution is -0.129. The molecule has 2 fully saturated rings. The summed E-state index contributed by atoms with van der Waals surface area (Å²) in [6, 6.07) is 4.70. The van der Waals surface area contributed by atoms with Crippen LogP contribution < -0.4 is 15.6 Å². The number of halogens is 1. The minimum atomic E-state index is -0.627. The molecule has 10 heteroatoms. The van der Waals surface area contributed by atoms with Crippen molar-refractivity contribution in [2.75, 3.05) is 36.4 Å². The summed E-state index contributed by atoms with van der Waals surface area (Å²) < 4.78 is 22.4. The Bertz CT molecular complexity index is 1410. The van der Waals surface area contributed by atoms with E-state index in [9.17, 15) is 14.4 Å². The Kier molecular flexibility index (Phi) is 5.84. The van der Waals surface area contributed by atoms with Gasteiger partial charge in [-0.3, -0.25) is 19.7 Å². The van der Waals surface area contributed by atoms with Gasteiger partial charge in [0.15, 0.2) is 0 Å². The van der Waals surface area contributed by atoms with Crippen molar-refractivity contribution in [2.24, 2.45) is 0 Å². The number of fused-ring (bicyclic) bond motifs is 1. The quantitative estimate of drug-likeness (QED) is 0.593. The molecule has 1 aromatic carbocycles. The van der Waals surface area contributed by atoms with Gasteiger partial charge in [-0.25, -0.2) is 4.39 Å².